The highest BCUT2D eigenvalue weighted by Gasteiger charge is 2.30. The number of aromatic nitrogens is 3. The molecule has 5 nitrogen and oxygen atoms in total. The summed E-state index contributed by atoms with van der Waals surface area (Å²) in [5.41, 5.74) is 2.34. The van der Waals surface area contributed by atoms with Gasteiger partial charge >= 0.3 is 0 Å². The number of fused-ring (bicyclic) bond motifs is 1. The first-order chi connectivity index (χ1) is 10.8. The molecule has 2 aromatic heterocycles. The lowest BCUT2D eigenvalue weighted by molar-refractivity contribution is -0.128. The highest BCUT2D eigenvalue weighted by molar-refractivity contribution is 5.79. The Bertz CT molecular complexity index is 675. The minimum Gasteiger partial charge on any atom is -0.349 e. The topological polar surface area (TPSA) is 59.8 Å². The SMILES string of the molecule is O=C(NC1CCCc2c1cnn2-c1ccccn1)C1CCC1. The lowest BCUT2D eigenvalue weighted by atomic mass is 9.84. The molecule has 5 heteroatoms. The van der Waals surface area contributed by atoms with E-state index in [9.17, 15) is 4.79 Å². The fourth-order valence-corrected chi connectivity index (χ4v) is 3.34. The summed E-state index contributed by atoms with van der Waals surface area (Å²) in [6, 6.07) is 5.94. The summed E-state index contributed by atoms with van der Waals surface area (Å²) < 4.78 is 1.91. The lowest BCUT2D eigenvalue weighted by Crippen LogP contribution is -2.38. The Kier molecular flexibility index (Phi) is 3.41. The maximum Gasteiger partial charge on any atom is 0.223 e. The molecule has 0 saturated heterocycles. The number of nitrogens with one attached hydrogen (secondary N) is 1. The van der Waals surface area contributed by atoms with Crippen molar-refractivity contribution in [1.29, 1.82) is 0 Å². The molecule has 4 rings (SSSR count). The Labute approximate surface area is 129 Å². The molecule has 0 aromatic carbocycles. The highest BCUT2D eigenvalue weighted by atomic mass is 16.2. The summed E-state index contributed by atoms with van der Waals surface area (Å²) in [5.74, 6) is 1.29. The summed E-state index contributed by atoms with van der Waals surface area (Å²) in [6.07, 6.45) is 10.0. The number of rotatable bonds is 3. The van der Waals surface area contributed by atoms with E-state index in [-0.39, 0.29) is 17.9 Å². The molecule has 1 amide bonds. The summed E-state index contributed by atoms with van der Waals surface area (Å²) in [4.78, 5) is 16.6. The van der Waals surface area contributed by atoms with Crippen LogP contribution in [0.2, 0.25) is 0 Å². The lowest BCUT2D eigenvalue weighted by Gasteiger charge is -2.29. The Morgan fingerprint density at radius 2 is 2.14 bits per heavy atom. The van der Waals surface area contributed by atoms with Gasteiger partial charge in [0.25, 0.3) is 0 Å². The number of amides is 1. The molecule has 2 heterocycles. The third-order valence-corrected chi connectivity index (χ3v) is 4.84. The van der Waals surface area contributed by atoms with Crippen LogP contribution in [0.4, 0.5) is 0 Å². The zero-order valence-electron chi connectivity index (χ0n) is 12.5. The zero-order valence-corrected chi connectivity index (χ0v) is 12.5. The van der Waals surface area contributed by atoms with E-state index in [0.717, 1.165) is 43.5 Å². The molecule has 0 spiro atoms. The van der Waals surface area contributed by atoms with Gasteiger partial charge in [-0.25, -0.2) is 9.67 Å². The van der Waals surface area contributed by atoms with Crippen molar-refractivity contribution in [3.63, 3.8) is 0 Å². The van der Waals surface area contributed by atoms with Gasteiger partial charge in [-0.3, -0.25) is 4.79 Å². The van der Waals surface area contributed by atoms with E-state index in [1.807, 2.05) is 29.1 Å². The third-order valence-electron chi connectivity index (χ3n) is 4.84. The average Bonchev–Trinajstić information content (AvgIpc) is 2.91. The number of hydrogen-bond donors (Lipinski definition) is 1. The predicted molar refractivity (Wildman–Crippen MR) is 82.5 cm³/mol. The molecule has 1 N–H and O–H groups in total. The van der Waals surface area contributed by atoms with E-state index in [0.29, 0.717) is 0 Å². The normalized spacial score (nSPS) is 21.0. The van der Waals surface area contributed by atoms with Crippen molar-refractivity contribution >= 4 is 5.91 Å². The molecular weight excluding hydrogens is 276 g/mol. The van der Waals surface area contributed by atoms with Crippen molar-refractivity contribution in [2.75, 3.05) is 0 Å². The molecular formula is C17H20N4O. The Morgan fingerprint density at radius 1 is 1.23 bits per heavy atom. The van der Waals surface area contributed by atoms with Gasteiger partial charge in [-0.15, -0.1) is 0 Å². The quantitative estimate of drug-likeness (QED) is 0.947. The predicted octanol–water partition coefficient (Wildman–Crippen LogP) is 2.56. The summed E-state index contributed by atoms with van der Waals surface area (Å²) >= 11 is 0. The molecule has 2 aliphatic rings. The van der Waals surface area contributed by atoms with E-state index in [1.165, 1.54) is 12.1 Å². The van der Waals surface area contributed by atoms with E-state index in [1.54, 1.807) is 6.20 Å². The highest BCUT2D eigenvalue weighted by Crippen LogP contribution is 2.32. The van der Waals surface area contributed by atoms with Crippen LogP contribution >= 0.6 is 0 Å². The van der Waals surface area contributed by atoms with E-state index < -0.39 is 0 Å². The molecule has 1 unspecified atom stereocenters. The van der Waals surface area contributed by atoms with Gasteiger partial charge in [-0.2, -0.15) is 5.10 Å². The fraction of sp³-hybridized carbons (Fsp3) is 0.471. The third kappa shape index (κ3) is 2.30. The van der Waals surface area contributed by atoms with Crippen LogP contribution in [0, 0.1) is 5.92 Å². The molecule has 2 aliphatic carbocycles. The number of pyridine rings is 1. The molecule has 0 radical (unpaired) electrons. The van der Waals surface area contributed by atoms with Crippen LogP contribution in [-0.2, 0) is 11.2 Å². The van der Waals surface area contributed by atoms with Gasteiger partial charge in [0.05, 0.1) is 17.9 Å². The van der Waals surface area contributed by atoms with Gasteiger partial charge in [0.15, 0.2) is 5.82 Å². The van der Waals surface area contributed by atoms with E-state index >= 15 is 0 Å². The number of nitrogens with zero attached hydrogens (tertiary/aromatic N) is 3. The van der Waals surface area contributed by atoms with Gasteiger partial charge < -0.3 is 5.32 Å². The maximum absolute atomic E-state index is 12.2. The second-order valence-corrected chi connectivity index (χ2v) is 6.23. The summed E-state index contributed by atoms with van der Waals surface area (Å²) in [5, 5.41) is 7.74. The number of carbonyl (C=O) groups excluding carboxylic acids is 1. The molecule has 1 atom stereocenters. The minimum atomic E-state index is 0.106. The maximum atomic E-state index is 12.2. The van der Waals surface area contributed by atoms with Gasteiger partial charge in [-0.1, -0.05) is 12.5 Å². The van der Waals surface area contributed by atoms with Gasteiger partial charge in [-0.05, 0) is 44.2 Å². The van der Waals surface area contributed by atoms with E-state index in [4.69, 9.17) is 0 Å². The van der Waals surface area contributed by atoms with Gasteiger partial charge in [0, 0.05) is 17.7 Å². The Morgan fingerprint density at radius 3 is 2.86 bits per heavy atom. The smallest absolute Gasteiger partial charge is 0.223 e. The monoisotopic (exact) mass is 296 g/mol. The number of carbonyl (C=O) groups is 1. The fourth-order valence-electron chi connectivity index (χ4n) is 3.34. The van der Waals surface area contributed by atoms with Crippen molar-refractivity contribution in [2.45, 2.75) is 44.6 Å². The van der Waals surface area contributed by atoms with Crippen molar-refractivity contribution < 1.29 is 4.79 Å². The first-order valence-electron chi connectivity index (χ1n) is 8.11. The second-order valence-electron chi connectivity index (χ2n) is 6.23. The van der Waals surface area contributed by atoms with Crippen LogP contribution in [0.25, 0.3) is 5.82 Å². The molecule has 1 saturated carbocycles. The van der Waals surface area contributed by atoms with Crippen LogP contribution < -0.4 is 5.32 Å². The van der Waals surface area contributed by atoms with Crippen LogP contribution in [0.1, 0.15) is 49.4 Å². The summed E-state index contributed by atoms with van der Waals surface area (Å²) in [7, 11) is 0. The number of hydrogen-bond acceptors (Lipinski definition) is 3. The average molecular weight is 296 g/mol. The van der Waals surface area contributed by atoms with Crippen LogP contribution in [0.3, 0.4) is 0 Å². The van der Waals surface area contributed by atoms with Crippen molar-refractivity contribution in [2.24, 2.45) is 5.92 Å². The molecule has 0 aliphatic heterocycles. The van der Waals surface area contributed by atoms with Crippen LogP contribution in [-0.4, -0.2) is 20.7 Å². The molecule has 22 heavy (non-hydrogen) atoms. The van der Waals surface area contributed by atoms with Gasteiger partial charge in [0.2, 0.25) is 5.91 Å². The largest absolute Gasteiger partial charge is 0.349 e. The van der Waals surface area contributed by atoms with Gasteiger partial charge in [0.1, 0.15) is 0 Å². The van der Waals surface area contributed by atoms with E-state index in [2.05, 4.69) is 15.4 Å². The second kappa shape index (κ2) is 5.55. The minimum absolute atomic E-state index is 0.106. The van der Waals surface area contributed by atoms with Crippen LogP contribution in [0.15, 0.2) is 30.6 Å². The molecule has 0 bridgehead atoms. The molecule has 114 valence electrons. The zero-order chi connectivity index (χ0) is 14.9. The summed E-state index contributed by atoms with van der Waals surface area (Å²) in [6.45, 7) is 0. The van der Waals surface area contributed by atoms with Crippen molar-refractivity contribution in [3.8, 4) is 5.82 Å². The molecule has 1 fully saturated rings. The first-order valence-corrected chi connectivity index (χ1v) is 8.11. The first kappa shape index (κ1) is 13.5. The van der Waals surface area contributed by atoms with Crippen LogP contribution in [0.5, 0.6) is 0 Å². The standard InChI is InChI=1S/C17H20N4O/c22-17(12-5-3-6-12)20-14-7-4-8-15-13(14)11-19-21(15)16-9-1-2-10-18-16/h1-2,9-12,14H,3-8H2,(H,20,22). The Hall–Kier alpha value is -2.17. The van der Waals surface area contributed by atoms with Crippen molar-refractivity contribution in [1.82, 2.24) is 20.1 Å². The Balaban J connectivity index is 1.59. The molecule has 2 aromatic rings. The van der Waals surface area contributed by atoms with Crippen molar-refractivity contribution in [3.05, 3.63) is 41.9 Å².